The molecule has 0 saturated heterocycles. The Bertz CT molecular complexity index is 2400. The minimum absolute atomic E-state index is 0.911. The van der Waals surface area contributed by atoms with E-state index in [9.17, 15) is 0 Å². The Labute approximate surface area is 217 Å². The number of rotatable bonds is 1. The predicted octanol–water partition coefficient (Wildman–Crippen LogP) is 10.6. The van der Waals surface area contributed by atoms with Gasteiger partial charge in [-0.2, -0.15) is 0 Å². The quantitative estimate of drug-likeness (QED) is 0.217. The van der Waals surface area contributed by atoms with Crippen LogP contribution in [0.2, 0.25) is 0 Å². The van der Waals surface area contributed by atoms with Gasteiger partial charge in [-0.3, -0.25) is 0 Å². The highest BCUT2D eigenvalue weighted by atomic mass is 16.3. The molecule has 0 N–H and O–H groups in total. The van der Waals surface area contributed by atoms with E-state index in [1.165, 1.54) is 37.9 Å². The lowest BCUT2D eigenvalue weighted by molar-refractivity contribution is 0.669. The molecule has 0 aliphatic rings. The molecule has 9 aromatic rings. The van der Waals surface area contributed by atoms with Gasteiger partial charge in [0.2, 0.25) is 0 Å². The first-order valence-electron chi connectivity index (χ1n) is 12.9. The van der Waals surface area contributed by atoms with Crippen molar-refractivity contribution >= 4 is 76.2 Å². The van der Waals surface area contributed by atoms with Crippen molar-refractivity contribution in [1.82, 2.24) is 0 Å². The van der Waals surface area contributed by atoms with E-state index in [1.807, 2.05) is 24.3 Å². The first kappa shape index (κ1) is 20.0. The van der Waals surface area contributed by atoms with Crippen LogP contribution in [0.15, 0.2) is 130 Å². The van der Waals surface area contributed by atoms with Gasteiger partial charge in [-0.05, 0) is 85.9 Å². The van der Waals surface area contributed by atoms with Crippen molar-refractivity contribution in [2.75, 3.05) is 0 Å². The third-order valence-electron chi connectivity index (χ3n) is 8.03. The Hall–Kier alpha value is -5.08. The molecule has 0 atom stereocenters. The van der Waals surface area contributed by atoms with E-state index < -0.39 is 0 Å². The lowest BCUT2D eigenvalue weighted by Gasteiger charge is -2.14. The van der Waals surface area contributed by atoms with E-state index in [0.717, 1.165) is 49.4 Å². The summed E-state index contributed by atoms with van der Waals surface area (Å²) in [6.07, 6.45) is 0. The molecule has 2 nitrogen and oxygen atoms in total. The van der Waals surface area contributed by atoms with Crippen LogP contribution in [0.5, 0.6) is 0 Å². The summed E-state index contributed by atoms with van der Waals surface area (Å²) in [7, 11) is 0. The topological polar surface area (TPSA) is 26.3 Å². The number of fused-ring (bicyclic) bond motifs is 11. The zero-order valence-electron chi connectivity index (χ0n) is 20.4. The molecule has 0 aliphatic carbocycles. The number of hydrogen-bond donors (Lipinski definition) is 0. The van der Waals surface area contributed by atoms with Crippen molar-refractivity contribution < 1.29 is 8.83 Å². The fraction of sp³-hybridized carbons (Fsp3) is 0. The second-order valence-electron chi connectivity index (χ2n) is 10.1. The van der Waals surface area contributed by atoms with Crippen LogP contribution in [0.1, 0.15) is 0 Å². The maximum Gasteiger partial charge on any atom is 0.136 e. The van der Waals surface area contributed by atoms with E-state index >= 15 is 0 Å². The van der Waals surface area contributed by atoms with Crippen molar-refractivity contribution in [1.29, 1.82) is 0 Å². The first-order chi connectivity index (χ1) is 18.8. The Morgan fingerprint density at radius 2 is 0.974 bits per heavy atom. The van der Waals surface area contributed by atoms with Gasteiger partial charge in [-0.1, -0.05) is 78.9 Å². The summed E-state index contributed by atoms with van der Waals surface area (Å²) in [5, 5.41) is 11.9. The maximum atomic E-state index is 6.28. The molecule has 2 aromatic heterocycles. The summed E-state index contributed by atoms with van der Waals surface area (Å²) in [5.41, 5.74) is 6.03. The lowest BCUT2D eigenvalue weighted by Crippen LogP contribution is -1.87. The molecule has 0 aliphatic heterocycles. The highest BCUT2D eigenvalue weighted by Crippen LogP contribution is 2.43. The summed E-state index contributed by atoms with van der Waals surface area (Å²) in [5.74, 6) is 0. The van der Waals surface area contributed by atoms with E-state index in [4.69, 9.17) is 8.83 Å². The normalized spacial score (nSPS) is 12.2. The largest absolute Gasteiger partial charge is 0.456 e. The Morgan fingerprint density at radius 1 is 0.342 bits per heavy atom. The predicted molar refractivity (Wildman–Crippen MR) is 159 cm³/mol. The minimum atomic E-state index is 0.911. The molecule has 176 valence electrons. The third-order valence-corrected chi connectivity index (χ3v) is 8.03. The van der Waals surface area contributed by atoms with E-state index in [0.29, 0.717) is 0 Å². The average Bonchev–Trinajstić information content (AvgIpc) is 3.52. The molecule has 2 heterocycles. The number of furan rings is 2. The Morgan fingerprint density at radius 3 is 1.79 bits per heavy atom. The molecular weight excluding hydrogens is 464 g/mol. The summed E-state index contributed by atoms with van der Waals surface area (Å²) < 4.78 is 12.6. The van der Waals surface area contributed by atoms with Gasteiger partial charge < -0.3 is 8.83 Å². The molecule has 0 fully saturated rings. The molecule has 7 aromatic carbocycles. The van der Waals surface area contributed by atoms with Crippen molar-refractivity contribution in [3.05, 3.63) is 121 Å². The zero-order valence-corrected chi connectivity index (χ0v) is 20.4. The molecule has 9 rings (SSSR count). The monoisotopic (exact) mass is 484 g/mol. The lowest BCUT2D eigenvalue weighted by atomic mass is 9.89. The molecule has 0 bridgehead atoms. The van der Waals surface area contributed by atoms with Crippen LogP contribution >= 0.6 is 0 Å². The van der Waals surface area contributed by atoms with Gasteiger partial charge in [0, 0.05) is 21.5 Å². The highest BCUT2D eigenvalue weighted by Gasteiger charge is 2.16. The zero-order chi connectivity index (χ0) is 24.8. The van der Waals surface area contributed by atoms with Crippen molar-refractivity contribution in [2.45, 2.75) is 0 Å². The standard InChI is InChI=1S/C36H20O2/c1-2-8-24-21(7-1)13-16-28-29-20-35-31(26-10-4-6-12-33(26)38-35)18-23(29)17-30(36(24)28)22-14-15-27-25-9-3-5-11-32(25)37-34(27)19-22/h1-20H. The highest BCUT2D eigenvalue weighted by molar-refractivity contribution is 6.25. The fourth-order valence-electron chi connectivity index (χ4n) is 6.28. The summed E-state index contributed by atoms with van der Waals surface area (Å²) in [6, 6.07) is 43.1. The Balaban J connectivity index is 1.44. The van der Waals surface area contributed by atoms with E-state index in [-0.39, 0.29) is 0 Å². The number of para-hydroxylation sites is 2. The molecule has 38 heavy (non-hydrogen) atoms. The van der Waals surface area contributed by atoms with Crippen LogP contribution in [-0.2, 0) is 0 Å². The van der Waals surface area contributed by atoms with Gasteiger partial charge in [-0.15, -0.1) is 0 Å². The summed E-state index contributed by atoms with van der Waals surface area (Å²) >= 11 is 0. The minimum Gasteiger partial charge on any atom is -0.456 e. The first-order valence-corrected chi connectivity index (χ1v) is 12.9. The fourth-order valence-corrected chi connectivity index (χ4v) is 6.28. The molecule has 0 unspecified atom stereocenters. The number of benzene rings is 7. The summed E-state index contributed by atoms with van der Waals surface area (Å²) in [4.78, 5) is 0. The van der Waals surface area contributed by atoms with Crippen LogP contribution in [0.4, 0.5) is 0 Å². The molecule has 0 amide bonds. The van der Waals surface area contributed by atoms with Gasteiger partial charge in [0.15, 0.2) is 0 Å². The van der Waals surface area contributed by atoms with Crippen molar-refractivity contribution in [2.24, 2.45) is 0 Å². The van der Waals surface area contributed by atoms with Gasteiger partial charge in [0.25, 0.3) is 0 Å². The van der Waals surface area contributed by atoms with E-state index in [2.05, 4.69) is 97.1 Å². The summed E-state index contributed by atoms with van der Waals surface area (Å²) in [6.45, 7) is 0. The smallest absolute Gasteiger partial charge is 0.136 e. The van der Waals surface area contributed by atoms with Crippen LogP contribution in [-0.4, -0.2) is 0 Å². The van der Waals surface area contributed by atoms with Crippen LogP contribution in [0.25, 0.3) is 87.3 Å². The Kier molecular flexibility index (Phi) is 3.82. The van der Waals surface area contributed by atoms with Crippen molar-refractivity contribution in [3.8, 4) is 11.1 Å². The van der Waals surface area contributed by atoms with Crippen LogP contribution < -0.4 is 0 Å². The third kappa shape index (κ3) is 2.66. The second kappa shape index (κ2) is 7.24. The molecule has 0 spiro atoms. The van der Waals surface area contributed by atoms with E-state index in [1.54, 1.807) is 0 Å². The van der Waals surface area contributed by atoms with Crippen LogP contribution in [0.3, 0.4) is 0 Å². The number of hydrogen-bond acceptors (Lipinski definition) is 2. The van der Waals surface area contributed by atoms with Gasteiger partial charge >= 0.3 is 0 Å². The maximum absolute atomic E-state index is 6.28. The van der Waals surface area contributed by atoms with Crippen LogP contribution in [0, 0.1) is 0 Å². The molecular formula is C36H20O2. The SMILES string of the molecule is c1ccc2c(c1)ccc1c3cc4oc5ccccc5c4cc3cc(-c3ccc4c(c3)oc3ccccc34)c21. The van der Waals surface area contributed by atoms with Gasteiger partial charge in [-0.25, -0.2) is 0 Å². The van der Waals surface area contributed by atoms with Gasteiger partial charge in [0.05, 0.1) is 0 Å². The van der Waals surface area contributed by atoms with Gasteiger partial charge in [0.1, 0.15) is 22.3 Å². The van der Waals surface area contributed by atoms with Crippen molar-refractivity contribution in [3.63, 3.8) is 0 Å². The average molecular weight is 485 g/mol. The molecule has 2 heteroatoms. The molecule has 0 radical (unpaired) electrons. The second-order valence-corrected chi connectivity index (χ2v) is 10.1. The molecule has 0 saturated carbocycles.